The third-order valence-corrected chi connectivity index (χ3v) is 4.73. The maximum absolute atomic E-state index is 5.63. The van der Waals surface area contributed by atoms with Gasteiger partial charge in [-0.2, -0.15) is 0 Å². The third kappa shape index (κ3) is 3.66. The van der Waals surface area contributed by atoms with Crippen molar-refractivity contribution in [3.05, 3.63) is 85.5 Å². The van der Waals surface area contributed by atoms with Crippen molar-refractivity contribution in [1.29, 1.82) is 0 Å². The minimum absolute atomic E-state index is 0.438. The molecule has 0 amide bonds. The summed E-state index contributed by atoms with van der Waals surface area (Å²) in [4.78, 5) is 9.23. The van der Waals surface area contributed by atoms with E-state index in [9.17, 15) is 0 Å². The summed E-state index contributed by atoms with van der Waals surface area (Å²) in [5.74, 6) is 2.01. The van der Waals surface area contributed by atoms with Crippen LogP contribution in [0.25, 0.3) is 33.7 Å². The molecule has 3 heterocycles. The van der Waals surface area contributed by atoms with E-state index >= 15 is 0 Å². The number of anilines is 2. The number of nitrogens with zero attached hydrogens (tertiary/aromatic N) is 2. The molecule has 0 aliphatic rings. The Morgan fingerprint density at radius 3 is 2.07 bits per heavy atom. The molecule has 30 heavy (non-hydrogen) atoms. The maximum atomic E-state index is 5.63. The van der Waals surface area contributed by atoms with Gasteiger partial charge in [-0.3, -0.25) is 4.98 Å². The number of nitrogens with one attached hydrogen (secondary N) is 2. The summed E-state index contributed by atoms with van der Waals surface area (Å²) in [6, 6.07) is 21.1. The van der Waals surface area contributed by atoms with Crippen molar-refractivity contribution < 1.29 is 8.83 Å². The number of benzene rings is 2. The van der Waals surface area contributed by atoms with Gasteiger partial charge < -0.3 is 19.5 Å². The highest BCUT2D eigenvalue weighted by atomic mass is 32.1. The molecule has 2 N–H and O–H groups in total. The molecule has 6 nitrogen and oxygen atoms in total. The molecule has 3 aromatic heterocycles. The summed E-state index contributed by atoms with van der Waals surface area (Å²) >= 11 is 5.39. The first-order valence-electron chi connectivity index (χ1n) is 9.28. The fourth-order valence-electron chi connectivity index (χ4n) is 3.19. The molecule has 146 valence electrons. The average Bonchev–Trinajstić information content (AvgIpc) is 3.48. The molecular formula is C23H16N4O2S. The predicted molar refractivity (Wildman–Crippen MR) is 121 cm³/mol. The standard InChI is InChI=1S/C23H16N4O2S/c30-23(25-15-6-2-1-3-7-15)27-22-14-24-18-12-16(20-8-4-10-28-20)17(13-19(18)26-22)21-9-5-11-29-21/h1-14H,(H2,25,26,27,30). The van der Waals surface area contributed by atoms with Crippen LogP contribution in [0.3, 0.4) is 0 Å². The summed E-state index contributed by atoms with van der Waals surface area (Å²) in [6.07, 6.45) is 4.94. The Balaban J connectivity index is 1.50. The van der Waals surface area contributed by atoms with E-state index in [2.05, 4.69) is 20.6 Å². The van der Waals surface area contributed by atoms with Crippen molar-refractivity contribution in [2.24, 2.45) is 0 Å². The second-order valence-electron chi connectivity index (χ2n) is 6.54. The molecule has 0 fully saturated rings. The zero-order valence-corrected chi connectivity index (χ0v) is 16.5. The topological polar surface area (TPSA) is 76.1 Å². The molecule has 0 aliphatic heterocycles. The van der Waals surface area contributed by atoms with Crippen LogP contribution in [0, 0.1) is 0 Å². The lowest BCUT2D eigenvalue weighted by molar-refractivity contribution is 0.576. The minimum atomic E-state index is 0.438. The zero-order valence-electron chi connectivity index (χ0n) is 15.7. The number of hydrogen-bond donors (Lipinski definition) is 2. The van der Waals surface area contributed by atoms with E-state index < -0.39 is 0 Å². The van der Waals surface area contributed by atoms with Gasteiger partial charge in [-0.15, -0.1) is 0 Å². The normalized spacial score (nSPS) is 10.8. The summed E-state index contributed by atoms with van der Waals surface area (Å²) in [5, 5.41) is 6.65. The monoisotopic (exact) mass is 412 g/mol. The van der Waals surface area contributed by atoms with Gasteiger partial charge in [0.2, 0.25) is 0 Å². The van der Waals surface area contributed by atoms with Crippen LogP contribution in [0.15, 0.2) is 94.3 Å². The average molecular weight is 412 g/mol. The van der Waals surface area contributed by atoms with Gasteiger partial charge in [-0.25, -0.2) is 4.98 Å². The van der Waals surface area contributed by atoms with Crippen LogP contribution in [0.1, 0.15) is 0 Å². The lowest BCUT2D eigenvalue weighted by Gasteiger charge is -2.11. The first kappa shape index (κ1) is 18.1. The molecule has 0 bridgehead atoms. The van der Waals surface area contributed by atoms with Crippen LogP contribution in [0.2, 0.25) is 0 Å². The molecular weight excluding hydrogens is 396 g/mol. The summed E-state index contributed by atoms with van der Waals surface area (Å²) in [6.45, 7) is 0. The highest BCUT2D eigenvalue weighted by Gasteiger charge is 2.15. The Kier molecular flexibility index (Phi) is 4.71. The SMILES string of the molecule is S=C(Nc1ccccc1)Nc1cnc2cc(-c3ccco3)c(-c3ccco3)cc2n1. The van der Waals surface area contributed by atoms with E-state index in [0.717, 1.165) is 33.9 Å². The molecule has 0 radical (unpaired) electrons. The van der Waals surface area contributed by atoms with Gasteiger partial charge in [0.15, 0.2) is 10.9 Å². The molecule has 5 rings (SSSR count). The molecule has 0 unspecified atom stereocenters. The Morgan fingerprint density at radius 2 is 1.43 bits per heavy atom. The fourth-order valence-corrected chi connectivity index (χ4v) is 3.41. The molecule has 0 saturated carbocycles. The Morgan fingerprint density at radius 1 is 0.767 bits per heavy atom. The van der Waals surface area contributed by atoms with Gasteiger partial charge in [0.05, 0.1) is 29.8 Å². The molecule has 0 spiro atoms. The minimum Gasteiger partial charge on any atom is -0.464 e. The van der Waals surface area contributed by atoms with Crippen molar-refractivity contribution in [3.8, 4) is 22.6 Å². The smallest absolute Gasteiger partial charge is 0.176 e. The number of rotatable bonds is 4. The van der Waals surface area contributed by atoms with Crippen LogP contribution in [-0.2, 0) is 0 Å². The summed E-state index contributed by atoms with van der Waals surface area (Å²) < 4.78 is 11.2. The van der Waals surface area contributed by atoms with Crippen molar-refractivity contribution in [1.82, 2.24) is 9.97 Å². The Labute approximate surface area is 177 Å². The van der Waals surface area contributed by atoms with Crippen molar-refractivity contribution in [2.75, 3.05) is 10.6 Å². The van der Waals surface area contributed by atoms with Gasteiger partial charge in [-0.05, 0) is 60.7 Å². The number of para-hydroxylation sites is 1. The van der Waals surface area contributed by atoms with Crippen LogP contribution < -0.4 is 10.6 Å². The molecule has 5 aromatic rings. The molecule has 0 atom stereocenters. The number of hydrogen-bond acceptors (Lipinski definition) is 5. The second kappa shape index (κ2) is 7.81. The predicted octanol–water partition coefficient (Wildman–Crippen LogP) is 5.96. The van der Waals surface area contributed by atoms with Gasteiger partial charge in [-0.1, -0.05) is 18.2 Å². The number of furan rings is 2. The van der Waals surface area contributed by atoms with E-state index in [4.69, 9.17) is 21.1 Å². The van der Waals surface area contributed by atoms with Gasteiger partial charge >= 0.3 is 0 Å². The fraction of sp³-hybridized carbons (Fsp3) is 0. The van der Waals surface area contributed by atoms with Crippen LogP contribution in [0.5, 0.6) is 0 Å². The highest BCUT2D eigenvalue weighted by Crippen LogP contribution is 2.35. The van der Waals surface area contributed by atoms with Gasteiger partial charge in [0.25, 0.3) is 0 Å². The first-order valence-corrected chi connectivity index (χ1v) is 9.69. The lowest BCUT2D eigenvalue weighted by Crippen LogP contribution is -2.19. The van der Waals surface area contributed by atoms with Gasteiger partial charge in [0, 0.05) is 16.8 Å². The van der Waals surface area contributed by atoms with E-state index in [0.29, 0.717) is 16.4 Å². The second-order valence-corrected chi connectivity index (χ2v) is 6.95. The summed E-state index contributed by atoms with van der Waals surface area (Å²) in [5.41, 5.74) is 4.11. The number of fused-ring (bicyclic) bond motifs is 1. The van der Waals surface area contributed by atoms with E-state index in [-0.39, 0.29) is 0 Å². The van der Waals surface area contributed by atoms with Crippen LogP contribution >= 0.6 is 12.2 Å². The highest BCUT2D eigenvalue weighted by molar-refractivity contribution is 7.80. The number of thiocarbonyl (C=S) groups is 1. The Bertz CT molecular complexity index is 1300. The van der Waals surface area contributed by atoms with E-state index in [1.807, 2.05) is 66.7 Å². The quantitative estimate of drug-likeness (QED) is 0.353. The third-order valence-electron chi connectivity index (χ3n) is 4.53. The maximum Gasteiger partial charge on any atom is 0.176 e. The molecule has 7 heteroatoms. The van der Waals surface area contributed by atoms with Gasteiger partial charge in [0.1, 0.15) is 11.5 Å². The van der Waals surface area contributed by atoms with Crippen molar-refractivity contribution >= 4 is 39.9 Å². The Hall–Kier alpha value is -3.97. The summed E-state index contributed by atoms with van der Waals surface area (Å²) in [7, 11) is 0. The molecule has 0 aliphatic carbocycles. The van der Waals surface area contributed by atoms with E-state index in [1.165, 1.54) is 0 Å². The number of aromatic nitrogens is 2. The van der Waals surface area contributed by atoms with E-state index in [1.54, 1.807) is 18.7 Å². The van der Waals surface area contributed by atoms with Crippen LogP contribution in [-0.4, -0.2) is 15.1 Å². The van der Waals surface area contributed by atoms with Crippen molar-refractivity contribution in [2.45, 2.75) is 0 Å². The zero-order chi connectivity index (χ0) is 20.3. The van der Waals surface area contributed by atoms with Crippen LogP contribution in [0.4, 0.5) is 11.5 Å². The van der Waals surface area contributed by atoms with Crippen molar-refractivity contribution in [3.63, 3.8) is 0 Å². The lowest BCUT2D eigenvalue weighted by atomic mass is 10.0. The molecule has 0 saturated heterocycles. The first-order chi connectivity index (χ1) is 14.8. The molecule has 2 aromatic carbocycles. The largest absolute Gasteiger partial charge is 0.464 e.